The number of amides is 1. The molecule has 0 aromatic heterocycles. The fraction of sp³-hybridized carbons (Fsp3) is 0.400. The largest absolute Gasteiger partial charge is 0.482 e. The van der Waals surface area contributed by atoms with Crippen LogP contribution in [-0.4, -0.2) is 25.1 Å². The fourth-order valence-corrected chi connectivity index (χ4v) is 1.98. The van der Waals surface area contributed by atoms with Crippen molar-refractivity contribution in [2.75, 3.05) is 13.2 Å². The lowest BCUT2D eigenvalue weighted by Crippen LogP contribution is -2.29. The van der Waals surface area contributed by atoms with Gasteiger partial charge in [-0.2, -0.15) is 0 Å². The van der Waals surface area contributed by atoms with Crippen LogP contribution in [0.3, 0.4) is 0 Å². The molecule has 1 fully saturated rings. The Morgan fingerprint density at radius 3 is 3.00 bits per heavy atom. The maximum atomic E-state index is 11.5. The monoisotopic (exact) mass is 292 g/mol. The van der Waals surface area contributed by atoms with E-state index < -0.39 is 0 Å². The van der Waals surface area contributed by atoms with E-state index in [1.54, 1.807) is 6.07 Å². The minimum absolute atomic E-state index is 0.0954. The predicted octanol–water partition coefficient (Wildman–Crippen LogP) is 1.72. The second kappa shape index (κ2) is 7.18. The van der Waals surface area contributed by atoms with Gasteiger partial charge in [-0.05, 0) is 18.9 Å². The van der Waals surface area contributed by atoms with Crippen molar-refractivity contribution in [1.29, 1.82) is 0 Å². The zero-order valence-corrected chi connectivity index (χ0v) is 11.9. The van der Waals surface area contributed by atoms with E-state index in [-0.39, 0.29) is 19.1 Å². The first-order chi connectivity index (χ1) is 9.70. The topological polar surface area (TPSA) is 50.4 Å². The average molecular weight is 293 g/mol. The second-order valence-corrected chi connectivity index (χ2v) is 5.06. The van der Waals surface area contributed by atoms with E-state index in [2.05, 4.69) is 16.6 Å². The summed E-state index contributed by atoms with van der Waals surface area (Å²) >= 11 is 6.13. The number of carbonyl (C=O) groups excluding carboxylic acids is 1. The highest BCUT2D eigenvalue weighted by Gasteiger charge is 2.21. The summed E-state index contributed by atoms with van der Waals surface area (Å²) in [6, 6.07) is 6.16. The summed E-state index contributed by atoms with van der Waals surface area (Å²) in [5.41, 5.74) is 0.953. The molecule has 5 heteroatoms. The van der Waals surface area contributed by atoms with Crippen LogP contribution in [0, 0.1) is 12.3 Å². The third kappa shape index (κ3) is 4.44. The highest BCUT2D eigenvalue weighted by molar-refractivity contribution is 6.32. The molecule has 0 bridgehead atoms. The maximum Gasteiger partial charge on any atom is 0.258 e. The van der Waals surface area contributed by atoms with Crippen molar-refractivity contribution < 1.29 is 9.53 Å². The van der Waals surface area contributed by atoms with Crippen LogP contribution in [0.1, 0.15) is 18.4 Å². The predicted molar refractivity (Wildman–Crippen MR) is 78.7 cm³/mol. The molecule has 106 valence electrons. The Bertz CT molecular complexity index is 521. The molecule has 1 amide bonds. The van der Waals surface area contributed by atoms with Crippen molar-refractivity contribution >= 4 is 17.5 Å². The second-order valence-electron chi connectivity index (χ2n) is 4.65. The van der Waals surface area contributed by atoms with Crippen molar-refractivity contribution in [2.45, 2.75) is 25.4 Å². The van der Waals surface area contributed by atoms with Gasteiger partial charge in [0.25, 0.3) is 5.91 Å². The van der Waals surface area contributed by atoms with Crippen molar-refractivity contribution in [3.63, 3.8) is 0 Å². The molecule has 0 atom stereocenters. The van der Waals surface area contributed by atoms with Crippen LogP contribution >= 0.6 is 11.6 Å². The summed E-state index contributed by atoms with van der Waals surface area (Å²) in [6.07, 6.45) is 7.50. The van der Waals surface area contributed by atoms with Crippen LogP contribution in [0.4, 0.5) is 0 Å². The van der Waals surface area contributed by atoms with E-state index in [4.69, 9.17) is 22.8 Å². The van der Waals surface area contributed by atoms with E-state index in [1.165, 1.54) is 12.8 Å². The molecular weight excluding hydrogens is 276 g/mol. The molecule has 1 aliphatic carbocycles. The van der Waals surface area contributed by atoms with Crippen LogP contribution < -0.4 is 15.4 Å². The zero-order chi connectivity index (χ0) is 14.4. The summed E-state index contributed by atoms with van der Waals surface area (Å²) in [5, 5.41) is 6.44. The number of para-hydroxylation sites is 1. The SMILES string of the molecule is C#CCNC(=O)COc1c(Cl)cccc1CNC1CC1. The van der Waals surface area contributed by atoms with Crippen LogP contribution in [-0.2, 0) is 11.3 Å². The summed E-state index contributed by atoms with van der Waals surface area (Å²) in [4.78, 5) is 11.5. The molecule has 0 unspecified atom stereocenters. The lowest BCUT2D eigenvalue weighted by molar-refractivity contribution is -0.122. The van der Waals surface area contributed by atoms with Gasteiger partial charge in [0.15, 0.2) is 6.61 Å². The number of hydrogen-bond donors (Lipinski definition) is 2. The highest BCUT2D eigenvalue weighted by Crippen LogP contribution is 2.29. The first-order valence-corrected chi connectivity index (χ1v) is 6.92. The molecule has 2 N–H and O–H groups in total. The molecule has 1 saturated carbocycles. The van der Waals surface area contributed by atoms with Gasteiger partial charge >= 0.3 is 0 Å². The van der Waals surface area contributed by atoms with Crippen molar-refractivity contribution in [1.82, 2.24) is 10.6 Å². The van der Waals surface area contributed by atoms with Gasteiger partial charge in [0, 0.05) is 18.2 Å². The Balaban J connectivity index is 1.94. The quantitative estimate of drug-likeness (QED) is 0.753. The van der Waals surface area contributed by atoms with Crippen LogP contribution in [0.15, 0.2) is 18.2 Å². The Labute approximate surface area is 123 Å². The van der Waals surface area contributed by atoms with E-state index in [9.17, 15) is 4.79 Å². The molecule has 1 aromatic carbocycles. The van der Waals surface area contributed by atoms with Gasteiger partial charge in [0.2, 0.25) is 0 Å². The van der Waals surface area contributed by atoms with Gasteiger partial charge in [-0.25, -0.2) is 0 Å². The number of ether oxygens (including phenoxy) is 1. The molecule has 4 nitrogen and oxygen atoms in total. The standard InChI is InChI=1S/C15H17ClN2O2/c1-2-8-17-14(19)10-20-15-11(4-3-5-13(15)16)9-18-12-6-7-12/h1,3-5,12,18H,6-10H2,(H,17,19). The first kappa shape index (κ1) is 14.7. The lowest BCUT2D eigenvalue weighted by atomic mass is 10.2. The summed E-state index contributed by atoms with van der Waals surface area (Å²) in [5.74, 6) is 2.63. The lowest BCUT2D eigenvalue weighted by Gasteiger charge is -2.13. The zero-order valence-electron chi connectivity index (χ0n) is 11.1. The molecule has 0 heterocycles. The number of nitrogens with one attached hydrogen (secondary N) is 2. The molecule has 2 rings (SSSR count). The molecule has 0 radical (unpaired) electrons. The summed E-state index contributed by atoms with van der Waals surface area (Å²) in [7, 11) is 0. The van der Waals surface area contributed by atoms with Crippen LogP contribution in [0.2, 0.25) is 5.02 Å². The number of hydrogen-bond acceptors (Lipinski definition) is 3. The molecule has 1 aromatic rings. The smallest absolute Gasteiger partial charge is 0.258 e. The Kier molecular flexibility index (Phi) is 5.28. The number of terminal acetylenes is 1. The molecule has 1 aliphatic rings. The maximum absolute atomic E-state index is 11.5. The molecule has 20 heavy (non-hydrogen) atoms. The van der Waals surface area contributed by atoms with Gasteiger partial charge in [-0.3, -0.25) is 4.79 Å². The van der Waals surface area contributed by atoms with Gasteiger partial charge < -0.3 is 15.4 Å². The van der Waals surface area contributed by atoms with Gasteiger partial charge in [-0.15, -0.1) is 6.42 Å². The normalized spacial score (nSPS) is 13.6. The molecule has 0 aliphatic heterocycles. The number of benzene rings is 1. The summed E-state index contributed by atoms with van der Waals surface area (Å²) in [6.45, 7) is 0.787. The minimum atomic E-state index is -0.260. The number of halogens is 1. The van der Waals surface area contributed by atoms with E-state index in [1.807, 2.05) is 12.1 Å². The fourth-order valence-electron chi connectivity index (χ4n) is 1.73. The van der Waals surface area contributed by atoms with Crippen molar-refractivity contribution in [3.8, 4) is 18.1 Å². The minimum Gasteiger partial charge on any atom is -0.482 e. The van der Waals surface area contributed by atoms with Crippen LogP contribution in [0.5, 0.6) is 5.75 Å². The highest BCUT2D eigenvalue weighted by atomic mass is 35.5. The van der Waals surface area contributed by atoms with Crippen LogP contribution in [0.25, 0.3) is 0 Å². The number of rotatable bonds is 7. The van der Waals surface area contributed by atoms with E-state index in [0.29, 0.717) is 23.4 Å². The molecular formula is C15H17ClN2O2. The molecule has 0 spiro atoms. The van der Waals surface area contributed by atoms with Gasteiger partial charge in [0.05, 0.1) is 11.6 Å². The Morgan fingerprint density at radius 2 is 2.30 bits per heavy atom. The molecule has 0 saturated heterocycles. The van der Waals surface area contributed by atoms with Gasteiger partial charge in [0.1, 0.15) is 5.75 Å². The van der Waals surface area contributed by atoms with Crippen molar-refractivity contribution in [2.24, 2.45) is 0 Å². The first-order valence-electron chi connectivity index (χ1n) is 6.54. The third-order valence-corrected chi connectivity index (χ3v) is 3.24. The van der Waals surface area contributed by atoms with E-state index in [0.717, 1.165) is 5.56 Å². The average Bonchev–Trinajstić information content (AvgIpc) is 3.26. The van der Waals surface area contributed by atoms with Crippen molar-refractivity contribution in [3.05, 3.63) is 28.8 Å². The Morgan fingerprint density at radius 1 is 1.50 bits per heavy atom. The Hall–Kier alpha value is -1.70. The van der Waals surface area contributed by atoms with E-state index >= 15 is 0 Å². The third-order valence-electron chi connectivity index (χ3n) is 2.94. The number of carbonyl (C=O) groups is 1. The van der Waals surface area contributed by atoms with Gasteiger partial charge in [-0.1, -0.05) is 29.7 Å². The summed E-state index contributed by atoms with van der Waals surface area (Å²) < 4.78 is 5.53.